The Labute approximate surface area is 180 Å². The molecular formula is C24H25N3O4. The van der Waals surface area contributed by atoms with Crippen LogP contribution in [0.25, 0.3) is 0 Å². The summed E-state index contributed by atoms with van der Waals surface area (Å²) in [5.41, 5.74) is 1.04. The van der Waals surface area contributed by atoms with E-state index in [1.54, 1.807) is 60.7 Å². The van der Waals surface area contributed by atoms with Crippen LogP contribution in [0, 0.1) is 5.41 Å². The molecule has 3 aromatic rings. The molecule has 0 radical (unpaired) electrons. The Morgan fingerprint density at radius 1 is 0.871 bits per heavy atom. The van der Waals surface area contributed by atoms with E-state index >= 15 is 0 Å². The van der Waals surface area contributed by atoms with Crippen molar-refractivity contribution in [1.29, 1.82) is 0 Å². The van der Waals surface area contributed by atoms with Gasteiger partial charge in [-0.2, -0.15) is 0 Å². The Morgan fingerprint density at radius 3 is 2.35 bits per heavy atom. The lowest BCUT2D eigenvalue weighted by Gasteiger charge is -2.18. The molecule has 7 nitrogen and oxygen atoms in total. The SMILES string of the molecule is CC(C)(C)C(=O)Nc1cccc(C(=O)Nc2ccccc2C(=O)NCc2ccco2)c1. The van der Waals surface area contributed by atoms with Crippen molar-refractivity contribution in [2.75, 3.05) is 10.6 Å². The fraction of sp³-hybridized carbons (Fsp3) is 0.208. The van der Waals surface area contributed by atoms with Crippen molar-refractivity contribution in [3.8, 4) is 0 Å². The molecule has 1 aromatic heterocycles. The van der Waals surface area contributed by atoms with E-state index in [-0.39, 0.29) is 18.4 Å². The van der Waals surface area contributed by atoms with Crippen LogP contribution < -0.4 is 16.0 Å². The minimum atomic E-state index is -0.555. The van der Waals surface area contributed by atoms with Crippen molar-refractivity contribution >= 4 is 29.1 Å². The number of amides is 3. The van der Waals surface area contributed by atoms with E-state index in [1.165, 1.54) is 6.26 Å². The van der Waals surface area contributed by atoms with Gasteiger partial charge in [0.15, 0.2) is 0 Å². The topological polar surface area (TPSA) is 100 Å². The number of nitrogens with one attached hydrogen (secondary N) is 3. The molecule has 0 aliphatic carbocycles. The van der Waals surface area contributed by atoms with Gasteiger partial charge in [-0.25, -0.2) is 0 Å². The summed E-state index contributed by atoms with van der Waals surface area (Å²) < 4.78 is 5.22. The van der Waals surface area contributed by atoms with Crippen LogP contribution in [-0.2, 0) is 11.3 Å². The molecule has 0 unspecified atom stereocenters. The molecular weight excluding hydrogens is 394 g/mol. The monoisotopic (exact) mass is 419 g/mol. The molecule has 31 heavy (non-hydrogen) atoms. The maximum Gasteiger partial charge on any atom is 0.255 e. The number of benzene rings is 2. The second kappa shape index (κ2) is 9.30. The summed E-state index contributed by atoms with van der Waals surface area (Å²) in [6.45, 7) is 5.68. The fourth-order valence-electron chi connectivity index (χ4n) is 2.72. The molecule has 0 fully saturated rings. The van der Waals surface area contributed by atoms with Gasteiger partial charge in [0, 0.05) is 16.7 Å². The van der Waals surface area contributed by atoms with Gasteiger partial charge in [-0.15, -0.1) is 0 Å². The summed E-state index contributed by atoms with van der Waals surface area (Å²) in [4.78, 5) is 37.6. The molecule has 0 aliphatic rings. The van der Waals surface area contributed by atoms with E-state index in [1.807, 2.05) is 20.8 Å². The Balaban J connectivity index is 1.71. The summed E-state index contributed by atoms with van der Waals surface area (Å²) in [6.07, 6.45) is 1.54. The first kappa shape index (κ1) is 21.8. The van der Waals surface area contributed by atoms with Crippen molar-refractivity contribution in [2.45, 2.75) is 27.3 Å². The van der Waals surface area contributed by atoms with Gasteiger partial charge in [-0.05, 0) is 42.5 Å². The third-order valence-corrected chi connectivity index (χ3v) is 4.49. The van der Waals surface area contributed by atoms with Crippen LogP contribution in [0.1, 0.15) is 47.2 Å². The van der Waals surface area contributed by atoms with Crippen LogP contribution in [0.3, 0.4) is 0 Å². The molecule has 0 atom stereocenters. The van der Waals surface area contributed by atoms with E-state index in [2.05, 4.69) is 16.0 Å². The first-order chi connectivity index (χ1) is 14.7. The zero-order chi connectivity index (χ0) is 22.4. The van der Waals surface area contributed by atoms with Crippen LogP contribution in [0.2, 0.25) is 0 Å². The fourth-order valence-corrected chi connectivity index (χ4v) is 2.72. The normalized spacial score (nSPS) is 10.9. The molecule has 3 rings (SSSR count). The highest BCUT2D eigenvalue weighted by Crippen LogP contribution is 2.20. The van der Waals surface area contributed by atoms with Gasteiger partial charge in [0.2, 0.25) is 5.91 Å². The van der Waals surface area contributed by atoms with E-state index in [0.29, 0.717) is 28.3 Å². The predicted molar refractivity (Wildman–Crippen MR) is 119 cm³/mol. The van der Waals surface area contributed by atoms with Crippen molar-refractivity contribution in [1.82, 2.24) is 5.32 Å². The first-order valence-electron chi connectivity index (χ1n) is 9.86. The molecule has 2 aromatic carbocycles. The van der Waals surface area contributed by atoms with Gasteiger partial charge in [0.05, 0.1) is 24.1 Å². The Morgan fingerprint density at radius 2 is 1.65 bits per heavy atom. The van der Waals surface area contributed by atoms with Crippen LogP contribution in [0.5, 0.6) is 0 Å². The standard InChI is InChI=1S/C24H25N3O4/c1-24(2,3)23(30)26-17-9-6-8-16(14-17)21(28)27-20-12-5-4-11-19(20)22(29)25-15-18-10-7-13-31-18/h4-14H,15H2,1-3H3,(H,25,29)(H,26,30)(H,27,28). The second-order valence-corrected chi connectivity index (χ2v) is 8.05. The van der Waals surface area contributed by atoms with Gasteiger partial charge >= 0.3 is 0 Å². The van der Waals surface area contributed by atoms with Crippen molar-refractivity contribution in [3.63, 3.8) is 0 Å². The van der Waals surface area contributed by atoms with Crippen LogP contribution in [0.15, 0.2) is 71.3 Å². The minimum absolute atomic E-state index is 0.149. The largest absolute Gasteiger partial charge is 0.467 e. The first-order valence-corrected chi connectivity index (χ1v) is 9.86. The molecule has 0 saturated carbocycles. The molecule has 0 aliphatic heterocycles. The van der Waals surface area contributed by atoms with Crippen molar-refractivity contribution in [2.24, 2.45) is 5.41 Å². The summed E-state index contributed by atoms with van der Waals surface area (Å²) in [5, 5.41) is 8.35. The molecule has 3 amide bonds. The third-order valence-electron chi connectivity index (χ3n) is 4.49. The van der Waals surface area contributed by atoms with Gasteiger partial charge in [0.1, 0.15) is 5.76 Å². The number of furan rings is 1. The lowest BCUT2D eigenvalue weighted by Crippen LogP contribution is -2.27. The number of hydrogen-bond acceptors (Lipinski definition) is 4. The van der Waals surface area contributed by atoms with Gasteiger partial charge < -0.3 is 20.4 Å². The number of hydrogen-bond donors (Lipinski definition) is 3. The number of rotatable bonds is 6. The highest BCUT2D eigenvalue weighted by Gasteiger charge is 2.21. The highest BCUT2D eigenvalue weighted by atomic mass is 16.3. The van der Waals surface area contributed by atoms with E-state index in [9.17, 15) is 14.4 Å². The molecule has 160 valence electrons. The number of para-hydroxylation sites is 1. The zero-order valence-corrected chi connectivity index (χ0v) is 17.7. The molecule has 0 spiro atoms. The Kier molecular flexibility index (Phi) is 6.55. The van der Waals surface area contributed by atoms with E-state index in [0.717, 1.165) is 0 Å². The maximum absolute atomic E-state index is 12.8. The summed E-state index contributed by atoms with van der Waals surface area (Å²) >= 11 is 0. The van der Waals surface area contributed by atoms with Gasteiger partial charge in [-0.1, -0.05) is 39.0 Å². The smallest absolute Gasteiger partial charge is 0.255 e. The van der Waals surface area contributed by atoms with Crippen LogP contribution >= 0.6 is 0 Å². The summed E-state index contributed by atoms with van der Waals surface area (Å²) in [7, 11) is 0. The third kappa shape index (κ3) is 5.82. The van der Waals surface area contributed by atoms with Crippen molar-refractivity contribution < 1.29 is 18.8 Å². The highest BCUT2D eigenvalue weighted by molar-refractivity contribution is 6.09. The molecule has 7 heteroatoms. The molecule has 3 N–H and O–H groups in total. The Hall–Kier alpha value is -3.87. The molecule has 0 bridgehead atoms. The summed E-state index contributed by atoms with van der Waals surface area (Å²) in [6, 6.07) is 16.9. The number of anilines is 2. The number of carbonyl (C=O) groups is 3. The number of carbonyl (C=O) groups excluding carboxylic acids is 3. The maximum atomic E-state index is 12.8. The average Bonchev–Trinajstić information content (AvgIpc) is 3.25. The summed E-state index contributed by atoms with van der Waals surface area (Å²) in [5.74, 6) is -0.246. The lowest BCUT2D eigenvalue weighted by atomic mass is 9.95. The van der Waals surface area contributed by atoms with Crippen LogP contribution in [0.4, 0.5) is 11.4 Å². The molecule has 1 heterocycles. The van der Waals surface area contributed by atoms with Crippen molar-refractivity contribution in [3.05, 3.63) is 83.8 Å². The second-order valence-electron chi connectivity index (χ2n) is 8.05. The van der Waals surface area contributed by atoms with Gasteiger partial charge in [0.25, 0.3) is 11.8 Å². The minimum Gasteiger partial charge on any atom is -0.467 e. The lowest BCUT2D eigenvalue weighted by molar-refractivity contribution is -0.123. The van der Waals surface area contributed by atoms with Gasteiger partial charge in [-0.3, -0.25) is 14.4 Å². The molecule has 0 saturated heterocycles. The predicted octanol–water partition coefficient (Wildman–Crippen LogP) is 4.45. The van der Waals surface area contributed by atoms with E-state index in [4.69, 9.17) is 4.42 Å². The Bertz CT molecular complexity index is 1080. The quantitative estimate of drug-likeness (QED) is 0.550. The van der Waals surface area contributed by atoms with Crippen LogP contribution in [-0.4, -0.2) is 17.7 Å². The van der Waals surface area contributed by atoms with E-state index < -0.39 is 11.3 Å². The average molecular weight is 419 g/mol. The zero-order valence-electron chi connectivity index (χ0n) is 17.7.